The van der Waals surface area contributed by atoms with Gasteiger partial charge in [-0.2, -0.15) is 0 Å². The van der Waals surface area contributed by atoms with E-state index in [-0.39, 0.29) is 5.78 Å². The van der Waals surface area contributed by atoms with Gasteiger partial charge in [0.25, 0.3) is 0 Å². The molecule has 2 rings (SSSR count). The number of ketones is 1. The fraction of sp³-hybridized carbons (Fsp3) is 0.188. The lowest BCUT2D eigenvalue weighted by molar-refractivity contribution is 0.103. The summed E-state index contributed by atoms with van der Waals surface area (Å²) in [7, 11) is 0. The van der Waals surface area contributed by atoms with Gasteiger partial charge in [-0.1, -0.05) is 66.9 Å². The number of rotatable bonds is 4. The lowest BCUT2D eigenvalue weighted by Crippen LogP contribution is -2.02. The second kappa shape index (κ2) is 6.23. The summed E-state index contributed by atoms with van der Waals surface area (Å²) in [6.45, 7) is 2.13. The molecule has 0 amide bonds. The molecule has 0 aromatic heterocycles. The summed E-state index contributed by atoms with van der Waals surface area (Å²) < 4.78 is 0. The van der Waals surface area contributed by atoms with Gasteiger partial charge < -0.3 is 0 Å². The van der Waals surface area contributed by atoms with Gasteiger partial charge in [0.15, 0.2) is 5.78 Å². The van der Waals surface area contributed by atoms with Crippen molar-refractivity contribution >= 4 is 29.0 Å². The fourth-order valence-electron chi connectivity index (χ4n) is 1.95. The molecular formula is C16H14Cl2O. The second-order valence-electron chi connectivity index (χ2n) is 4.38. The van der Waals surface area contributed by atoms with Crippen molar-refractivity contribution in [1.82, 2.24) is 0 Å². The van der Waals surface area contributed by atoms with Crippen LogP contribution in [0.2, 0.25) is 10.0 Å². The Bertz CT molecular complexity index is 588. The topological polar surface area (TPSA) is 17.1 Å². The first-order chi connectivity index (χ1) is 9.13. The Morgan fingerprint density at radius 1 is 1.05 bits per heavy atom. The van der Waals surface area contributed by atoms with E-state index in [9.17, 15) is 4.79 Å². The van der Waals surface area contributed by atoms with Crippen molar-refractivity contribution in [2.45, 2.75) is 19.8 Å². The molecule has 0 heterocycles. The Morgan fingerprint density at radius 3 is 2.37 bits per heavy atom. The van der Waals surface area contributed by atoms with Gasteiger partial charge in [0, 0.05) is 11.1 Å². The van der Waals surface area contributed by atoms with Gasteiger partial charge in [0.1, 0.15) is 0 Å². The molecular weight excluding hydrogens is 279 g/mol. The van der Waals surface area contributed by atoms with E-state index in [1.807, 2.05) is 24.3 Å². The average molecular weight is 293 g/mol. The van der Waals surface area contributed by atoms with E-state index in [0.29, 0.717) is 21.2 Å². The van der Waals surface area contributed by atoms with Gasteiger partial charge in [-0.15, -0.1) is 0 Å². The van der Waals surface area contributed by atoms with Crippen molar-refractivity contribution in [3.05, 3.63) is 69.2 Å². The highest BCUT2D eigenvalue weighted by Gasteiger charge is 2.14. The van der Waals surface area contributed by atoms with Gasteiger partial charge in [-0.05, 0) is 24.1 Å². The number of halogens is 2. The quantitative estimate of drug-likeness (QED) is 0.710. The van der Waals surface area contributed by atoms with Crippen molar-refractivity contribution in [2.75, 3.05) is 0 Å². The molecule has 0 fully saturated rings. The molecule has 0 saturated heterocycles. The van der Waals surface area contributed by atoms with Gasteiger partial charge >= 0.3 is 0 Å². The van der Waals surface area contributed by atoms with E-state index in [1.165, 1.54) is 5.56 Å². The summed E-state index contributed by atoms with van der Waals surface area (Å²) in [5, 5.41) is 0.710. The van der Waals surface area contributed by atoms with Crippen LogP contribution < -0.4 is 0 Å². The molecule has 19 heavy (non-hydrogen) atoms. The van der Waals surface area contributed by atoms with Crippen LogP contribution in [0.4, 0.5) is 0 Å². The van der Waals surface area contributed by atoms with Crippen LogP contribution in [0.1, 0.15) is 34.8 Å². The number of benzene rings is 2. The summed E-state index contributed by atoms with van der Waals surface area (Å²) >= 11 is 12.0. The zero-order valence-electron chi connectivity index (χ0n) is 10.6. The van der Waals surface area contributed by atoms with E-state index >= 15 is 0 Å². The molecule has 0 saturated carbocycles. The number of aryl methyl sites for hydroxylation is 1. The van der Waals surface area contributed by atoms with E-state index < -0.39 is 0 Å². The Kier molecular flexibility index (Phi) is 4.62. The van der Waals surface area contributed by atoms with Crippen LogP contribution in [0, 0.1) is 0 Å². The Balaban J connectivity index is 2.31. The van der Waals surface area contributed by atoms with Gasteiger partial charge in [-0.25, -0.2) is 0 Å². The van der Waals surface area contributed by atoms with E-state index in [0.717, 1.165) is 12.8 Å². The summed E-state index contributed by atoms with van der Waals surface area (Å²) in [6.07, 6.45) is 2.11. The third-order valence-electron chi connectivity index (χ3n) is 2.95. The number of hydrogen-bond donors (Lipinski definition) is 0. The maximum absolute atomic E-state index is 12.3. The molecule has 2 aromatic rings. The minimum atomic E-state index is -0.101. The SMILES string of the molecule is CCCc1ccc(C(=O)c2cccc(Cl)c2Cl)cc1. The smallest absolute Gasteiger partial charge is 0.194 e. The van der Waals surface area contributed by atoms with Crippen LogP contribution >= 0.6 is 23.2 Å². The van der Waals surface area contributed by atoms with Crippen molar-refractivity contribution in [2.24, 2.45) is 0 Å². The maximum Gasteiger partial charge on any atom is 0.194 e. The molecule has 0 spiro atoms. The Morgan fingerprint density at radius 2 is 1.74 bits per heavy atom. The van der Waals surface area contributed by atoms with Crippen molar-refractivity contribution in [3.63, 3.8) is 0 Å². The molecule has 3 heteroatoms. The van der Waals surface area contributed by atoms with Crippen molar-refractivity contribution in [3.8, 4) is 0 Å². The molecule has 1 nitrogen and oxygen atoms in total. The van der Waals surface area contributed by atoms with Crippen molar-refractivity contribution < 1.29 is 4.79 Å². The summed E-state index contributed by atoms with van der Waals surface area (Å²) in [6, 6.07) is 12.7. The van der Waals surface area contributed by atoms with E-state index in [4.69, 9.17) is 23.2 Å². The first-order valence-corrected chi connectivity index (χ1v) is 6.96. The standard InChI is InChI=1S/C16H14Cl2O/c1-2-4-11-7-9-12(10-8-11)16(19)13-5-3-6-14(17)15(13)18/h3,5-10H,2,4H2,1H3. The molecule has 0 N–H and O–H groups in total. The summed E-state index contributed by atoms with van der Waals surface area (Å²) in [4.78, 5) is 12.3. The number of hydrogen-bond acceptors (Lipinski definition) is 1. The monoisotopic (exact) mass is 292 g/mol. The van der Waals surface area contributed by atoms with Crippen LogP contribution in [0.25, 0.3) is 0 Å². The van der Waals surface area contributed by atoms with Crippen LogP contribution in [0.3, 0.4) is 0 Å². The van der Waals surface area contributed by atoms with Crippen LogP contribution in [0.5, 0.6) is 0 Å². The molecule has 0 aliphatic heterocycles. The third kappa shape index (κ3) is 3.17. The normalized spacial score (nSPS) is 10.5. The molecule has 0 bridgehead atoms. The average Bonchev–Trinajstić information content (AvgIpc) is 2.42. The second-order valence-corrected chi connectivity index (χ2v) is 5.16. The minimum absolute atomic E-state index is 0.101. The van der Waals surface area contributed by atoms with Gasteiger partial charge in [0.2, 0.25) is 0 Å². The van der Waals surface area contributed by atoms with Crippen LogP contribution in [-0.2, 0) is 6.42 Å². The van der Waals surface area contributed by atoms with Gasteiger partial charge in [0.05, 0.1) is 10.0 Å². The molecule has 0 aliphatic carbocycles. The van der Waals surface area contributed by atoms with Gasteiger partial charge in [-0.3, -0.25) is 4.79 Å². The van der Waals surface area contributed by atoms with E-state index in [1.54, 1.807) is 18.2 Å². The van der Waals surface area contributed by atoms with Crippen molar-refractivity contribution in [1.29, 1.82) is 0 Å². The van der Waals surface area contributed by atoms with E-state index in [2.05, 4.69) is 6.92 Å². The summed E-state index contributed by atoms with van der Waals surface area (Å²) in [5.41, 5.74) is 2.30. The summed E-state index contributed by atoms with van der Waals surface area (Å²) in [5.74, 6) is -0.101. The fourth-order valence-corrected chi connectivity index (χ4v) is 2.33. The Hall–Kier alpha value is -1.31. The maximum atomic E-state index is 12.3. The zero-order valence-corrected chi connectivity index (χ0v) is 12.1. The molecule has 2 aromatic carbocycles. The number of carbonyl (C=O) groups excluding carboxylic acids is 1. The van der Waals surface area contributed by atoms with Crippen LogP contribution in [0.15, 0.2) is 42.5 Å². The molecule has 98 valence electrons. The third-order valence-corrected chi connectivity index (χ3v) is 3.77. The highest BCUT2D eigenvalue weighted by molar-refractivity contribution is 6.44. The predicted molar refractivity (Wildman–Crippen MR) is 80.3 cm³/mol. The largest absolute Gasteiger partial charge is 0.289 e. The minimum Gasteiger partial charge on any atom is -0.289 e. The number of carbonyl (C=O) groups is 1. The highest BCUT2D eigenvalue weighted by atomic mass is 35.5. The first-order valence-electron chi connectivity index (χ1n) is 6.21. The predicted octanol–water partition coefficient (Wildman–Crippen LogP) is 5.18. The van der Waals surface area contributed by atoms with Crippen LogP contribution in [-0.4, -0.2) is 5.78 Å². The first kappa shape index (κ1) is 14.1. The highest BCUT2D eigenvalue weighted by Crippen LogP contribution is 2.27. The Labute approximate surface area is 123 Å². The zero-order chi connectivity index (χ0) is 13.8. The molecule has 0 atom stereocenters. The lowest BCUT2D eigenvalue weighted by atomic mass is 10.0. The molecule has 0 radical (unpaired) electrons. The lowest BCUT2D eigenvalue weighted by Gasteiger charge is -2.06. The molecule has 0 unspecified atom stereocenters. The molecule has 0 aliphatic rings.